The van der Waals surface area contributed by atoms with E-state index in [4.69, 9.17) is 63.7 Å². The SMILES string of the molecule is Nc1cc(Cl)cc(Cl)c1.O=C(CCl)Nc1cc(Cl)cc(Cl)c1. The maximum absolute atomic E-state index is 10.9. The third-order valence-corrected chi connectivity index (χ3v) is 3.27. The predicted octanol–water partition coefficient (Wildman–Crippen LogP) is 5.75. The zero-order valence-corrected chi connectivity index (χ0v) is 14.8. The van der Waals surface area contributed by atoms with Gasteiger partial charge in [-0.3, -0.25) is 4.79 Å². The van der Waals surface area contributed by atoms with Gasteiger partial charge in [0.05, 0.1) is 0 Å². The Balaban J connectivity index is 0.000000235. The summed E-state index contributed by atoms with van der Waals surface area (Å²) in [6, 6.07) is 9.70. The summed E-state index contributed by atoms with van der Waals surface area (Å²) < 4.78 is 0. The highest BCUT2D eigenvalue weighted by atomic mass is 35.5. The van der Waals surface area contributed by atoms with Crippen LogP contribution in [-0.2, 0) is 4.79 Å². The minimum Gasteiger partial charge on any atom is -0.399 e. The van der Waals surface area contributed by atoms with Crippen molar-refractivity contribution in [1.29, 1.82) is 0 Å². The second kappa shape index (κ2) is 9.33. The molecule has 2 aromatic carbocycles. The van der Waals surface area contributed by atoms with Gasteiger partial charge in [-0.25, -0.2) is 0 Å². The summed E-state index contributed by atoms with van der Waals surface area (Å²) in [6.45, 7) is 0. The molecular weight excluding hydrogens is 389 g/mol. The molecule has 0 atom stereocenters. The van der Waals surface area contributed by atoms with Crippen molar-refractivity contribution in [3.63, 3.8) is 0 Å². The van der Waals surface area contributed by atoms with Gasteiger partial charge >= 0.3 is 0 Å². The molecule has 0 heterocycles. The monoisotopic (exact) mass is 398 g/mol. The first-order valence-electron chi connectivity index (χ1n) is 5.83. The Kier molecular flexibility index (Phi) is 8.15. The van der Waals surface area contributed by atoms with Crippen molar-refractivity contribution in [3.05, 3.63) is 56.5 Å². The molecule has 0 aliphatic rings. The van der Waals surface area contributed by atoms with Crippen LogP contribution in [0.3, 0.4) is 0 Å². The summed E-state index contributed by atoms with van der Waals surface area (Å²) in [5, 5.41) is 4.61. The van der Waals surface area contributed by atoms with Crippen molar-refractivity contribution >= 4 is 75.3 Å². The Labute approximate surface area is 153 Å². The lowest BCUT2D eigenvalue weighted by atomic mass is 10.3. The molecular formula is C14H11Cl5N2O. The molecule has 0 aliphatic heterocycles. The normalized spacial score (nSPS) is 9.68. The van der Waals surface area contributed by atoms with Crippen molar-refractivity contribution in [2.75, 3.05) is 16.9 Å². The van der Waals surface area contributed by atoms with Crippen molar-refractivity contribution in [2.24, 2.45) is 0 Å². The quantitative estimate of drug-likeness (QED) is 0.498. The van der Waals surface area contributed by atoms with Gasteiger partial charge in [-0.1, -0.05) is 46.4 Å². The Morgan fingerprint density at radius 1 is 0.864 bits per heavy atom. The first-order valence-corrected chi connectivity index (χ1v) is 7.88. The molecule has 0 spiro atoms. The number of benzene rings is 2. The second-order valence-corrected chi connectivity index (χ2v) is 6.06. The van der Waals surface area contributed by atoms with E-state index in [1.165, 1.54) is 0 Å². The largest absolute Gasteiger partial charge is 0.399 e. The molecule has 0 unspecified atom stereocenters. The predicted molar refractivity (Wildman–Crippen MR) is 96.7 cm³/mol. The standard InChI is InChI=1S/C8H6Cl3NO.C6H5Cl2N/c9-4-8(13)12-7-2-5(10)1-6(11)3-7;7-4-1-5(8)3-6(9)2-4/h1-3H,4H2,(H,12,13);1-3H,9H2. The van der Waals surface area contributed by atoms with Crippen LogP contribution in [0.5, 0.6) is 0 Å². The molecule has 0 saturated carbocycles. The van der Waals surface area contributed by atoms with E-state index in [9.17, 15) is 4.79 Å². The Morgan fingerprint density at radius 2 is 1.27 bits per heavy atom. The summed E-state index contributed by atoms with van der Waals surface area (Å²) in [5.41, 5.74) is 6.53. The first kappa shape index (κ1) is 19.2. The van der Waals surface area contributed by atoms with Crippen molar-refractivity contribution < 1.29 is 4.79 Å². The van der Waals surface area contributed by atoms with E-state index in [2.05, 4.69) is 5.32 Å². The van der Waals surface area contributed by atoms with E-state index in [0.29, 0.717) is 31.5 Å². The summed E-state index contributed by atoms with van der Waals surface area (Å²) >= 11 is 27.9. The van der Waals surface area contributed by atoms with Crippen LogP contribution in [0.1, 0.15) is 0 Å². The number of rotatable bonds is 2. The van der Waals surface area contributed by atoms with Crippen LogP contribution in [0.25, 0.3) is 0 Å². The zero-order valence-electron chi connectivity index (χ0n) is 11.0. The molecule has 2 rings (SSSR count). The van der Waals surface area contributed by atoms with Gasteiger partial charge in [-0.2, -0.15) is 0 Å². The summed E-state index contributed by atoms with van der Waals surface area (Å²) in [6.07, 6.45) is 0. The van der Waals surface area contributed by atoms with Crippen LogP contribution in [0.4, 0.5) is 11.4 Å². The number of hydrogen-bond acceptors (Lipinski definition) is 2. The fraction of sp³-hybridized carbons (Fsp3) is 0.0714. The molecule has 3 nitrogen and oxygen atoms in total. The lowest BCUT2D eigenvalue weighted by Crippen LogP contribution is -2.12. The maximum Gasteiger partial charge on any atom is 0.239 e. The highest BCUT2D eigenvalue weighted by molar-refractivity contribution is 6.35. The van der Waals surface area contributed by atoms with Gasteiger partial charge in [-0.05, 0) is 36.4 Å². The van der Waals surface area contributed by atoms with Crippen LogP contribution < -0.4 is 11.1 Å². The fourth-order valence-electron chi connectivity index (χ4n) is 1.40. The number of nitrogen functional groups attached to an aromatic ring is 1. The highest BCUT2D eigenvalue weighted by Gasteiger charge is 2.01. The molecule has 3 N–H and O–H groups in total. The van der Waals surface area contributed by atoms with Crippen LogP contribution in [0.15, 0.2) is 36.4 Å². The molecule has 0 bridgehead atoms. The Hall–Kier alpha value is -0.840. The number of amides is 1. The fourth-order valence-corrected chi connectivity index (χ4v) is 2.53. The topological polar surface area (TPSA) is 55.1 Å². The number of nitrogens with two attached hydrogens (primary N) is 1. The van der Waals surface area contributed by atoms with Crippen LogP contribution in [0.2, 0.25) is 20.1 Å². The molecule has 0 aromatic heterocycles. The third kappa shape index (κ3) is 7.43. The van der Waals surface area contributed by atoms with Gasteiger partial charge < -0.3 is 11.1 Å². The average Bonchev–Trinajstić information content (AvgIpc) is 2.36. The maximum atomic E-state index is 10.9. The number of halogens is 5. The smallest absolute Gasteiger partial charge is 0.239 e. The number of carbonyl (C=O) groups excluding carboxylic acids is 1. The number of carbonyl (C=O) groups is 1. The van der Waals surface area contributed by atoms with E-state index >= 15 is 0 Å². The number of hydrogen-bond donors (Lipinski definition) is 2. The molecule has 0 saturated heterocycles. The Bertz CT molecular complexity index is 593. The summed E-state index contributed by atoms with van der Waals surface area (Å²) in [7, 11) is 0. The highest BCUT2D eigenvalue weighted by Crippen LogP contribution is 2.22. The van der Waals surface area contributed by atoms with Gasteiger partial charge in [0, 0.05) is 31.5 Å². The minimum absolute atomic E-state index is 0.0931. The van der Waals surface area contributed by atoms with Gasteiger partial charge in [0.2, 0.25) is 5.91 Å². The average molecular weight is 401 g/mol. The molecule has 22 heavy (non-hydrogen) atoms. The van der Waals surface area contributed by atoms with Crippen LogP contribution in [0, 0.1) is 0 Å². The second-order valence-electron chi connectivity index (χ2n) is 4.04. The zero-order chi connectivity index (χ0) is 16.7. The molecule has 0 radical (unpaired) electrons. The van der Waals surface area contributed by atoms with Crippen LogP contribution >= 0.6 is 58.0 Å². The molecule has 1 amide bonds. The van der Waals surface area contributed by atoms with Crippen molar-refractivity contribution in [3.8, 4) is 0 Å². The third-order valence-electron chi connectivity index (χ3n) is 2.15. The van der Waals surface area contributed by atoms with Gasteiger partial charge in [0.25, 0.3) is 0 Å². The van der Waals surface area contributed by atoms with E-state index in [-0.39, 0.29) is 11.8 Å². The number of anilines is 2. The van der Waals surface area contributed by atoms with Crippen molar-refractivity contribution in [1.82, 2.24) is 0 Å². The minimum atomic E-state index is -0.292. The lowest BCUT2D eigenvalue weighted by molar-refractivity contribution is -0.113. The van der Waals surface area contributed by atoms with Gasteiger partial charge in [-0.15, -0.1) is 11.6 Å². The molecule has 2 aromatic rings. The van der Waals surface area contributed by atoms with E-state index in [0.717, 1.165) is 0 Å². The molecule has 118 valence electrons. The lowest BCUT2D eigenvalue weighted by Gasteiger charge is -2.03. The van der Waals surface area contributed by atoms with Crippen molar-refractivity contribution in [2.45, 2.75) is 0 Å². The van der Waals surface area contributed by atoms with E-state index < -0.39 is 0 Å². The van der Waals surface area contributed by atoms with Gasteiger partial charge in [0.1, 0.15) is 5.88 Å². The Morgan fingerprint density at radius 3 is 1.64 bits per heavy atom. The molecule has 0 aliphatic carbocycles. The van der Waals surface area contributed by atoms with E-state index in [1.807, 2.05) is 0 Å². The first-order chi connectivity index (χ1) is 10.3. The number of nitrogens with one attached hydrogen (secondary N) is 1. The number of alkyl halides is 1. The van der Waals surface area contributed by atoms with Crippen LogP contribution in [-0.4, -0.2) is 11.8 Å². The molecule has 8 heteroatoms. The van der Waals surface area contributed by atoms with E-state index in [1.54, 1.807) is 36.4 Å². The summed E-state index contributed by atoms with van der Waals surface area (Å²) in [4.78, 5) is 10.9. The molecule has 0 fully saturated rings. The summed E-state index contributed by atoms with van der Waals surface area (Å²) in [5.74, 6) is -0.385. The van der Waals surface area contributed by atoms with Gasteiger partial charge in [0.15, 0.2) is 0 Å².